The number of hydrogen-bond donors (Lipinski definition) is 1. The normalized spacial score (nSPS) is 10.4. The first-order valence-corrected chi connectivity index (χ1v) is 7.18. The Morgan fingerprint density at radius 2 is 2.00 bits per heavy atom. The van der Waals surface area contributed by atoms with Gasteiger partial charge in [-0.3, -0.25) is 0 Å². The molecule has 4 heteroatoms. The van der Waals surface area contributed by atoms with Gasteiger partial charge in [0.05, 0.1) is 17.7 Å². The van der Waals surface area contributed by atoms with E-state index in [-0.39, 0.29) is 0 Å². The lowest BCUT2D eigenvalue weighted by Crippen LogP contribution is -2.03. The van der Waals surface area contributed by atoms with E-state index in [4.69, 9.17) is 0 Å². The Morgan fingerprint density at radius 1 is 1.10 bits per heavy atom. The van der Waals surface area contributed by atoms with Crippen molar-refractivity contribution in [1.29, 1.82) is 0 Å². The number of anilines is 1. The SMILES string of the molecule is Brc1cccc(CNc2ccccc2-n2ccnc2)c1. The molecule has 0 radical (unpaired) electrons. The molecule has 0 spiro atoms. The summed E-state index contributed by atoms with van der Waals surface area (Å²) < 4.78 is 3.10. The van der Waals surface area contributed by atoms with Crippen LogP contribution in [0, 0.1) is 0 Å². The standard InChI is InChI=1S/C16H14BrN3/c17-14-5-3-4-13(10-14)11-19-15-6-1-2-7-16(15)20-9-8-18-12-20/h1-10,12,19H,11H2. The van der Waals surface area contributed by atoms with E-state index in [1.165, 1.54) is 5.56 Å². The summed E-state index contributed by atoms with van der Waals surface area (Å²) in [7, 11) is 0. The molecular weight excluding hydrogens is 314 g/mol. The Kier molecular flexibility index (Phi) is 3.83. The van der Waals surface area contributed by atoms with E-state index < -0.39 is 0 Å². The van der Waals surface area contributed by atoms with Gasteiger partial charge in [-0.1, -0.05) is 40.2 Å². The van der Waals surface area contributed by atoms with E-state index in [1.807, 2.05) is 35.0 Å². The minimum absolute atomic E-state index is 0.783. The quantitative estimate of drug-likeness (QED) is 0.776. The molecule has 3 nitrogen and oxygen atoms in total. The van der Waals surface area contributed by atoms with Crippen LogP contribution in [0.1, 0.15) is 5.56 Å². The number of nitrogens with one attached hydrogen (secondary N) is 1. The molecule has 0 unspecified atom stereocenters. The maximum Gasteiger partial charge on any atom is 0.0992 e. The fourth-order valence-corrected chi connectivity index (χ4v) is 2.54. The second kappa shape index (κ2) is 5.92. The van der Waals surface area contributed by atoms with E-state index in [0.717, 1.165) is 22.4 Å². The number of nitrogens with zero attached hydrogens (tertiary/aromatic N) is 2. The monoisotopic (exact) mass is 327 g/mol. The maximum absolute atomic E-state index is 4.10. The molecule has 3 aromatic rings. The third-order valence-corrected chi connectivity index (χ3v) is 3.55. The molecule has 20 heavy (non-hydrogen) atoms. The van der Waals surface area contributed by atoms with Crippen LogP contribution in [0.25, 0.3) is 5.69 Å². The topological polar surface area (TPSA) is 29.9 Å². The van der Waals surface area contributed by atoms with Gasteiger partial charge in [-0.05, 0) is 29.8 Å². The van der Waals surface area contributed by atoms with E-state index in [0.29, 0.717) is 0 Å². The van der Waals surface area contributed by atoms with Gasteiger partial charge in [0.25, 0.3) is 0 Å². The van der Waals surface area contributed by atoms with Crippen LogP contribution in [0.3, 0.4) is 0 Å². The van der Waals surface area contributed by atoms with Crippen LogP contribution in [-0.2, 0) is 6.54 Å². The summed E-state index contributed by atoms with van der Waals surface area (Å²) in [5, 5.41) is 3.48. The summed E-state index contributed by atoms with van der Waals surface area (Å²) in [4.78, 5) is 4.10. The van der Waals surface area contributed by atoms with Crippen LogP contribution < -0.4 is 5.32 Å². The van der Waals surface area contributed by atoms with Crippen LogP contribution in [0.5, 0.6) is 0 Å². The maximum atomic E-state index is 4.10. The number of hydrogen-bond acceptors (Lipinski definition) is 2. The number of imidazole rings is 1. The number of halogens is 1. The molecule has 0 fully saturated rings. The number of aromatic nitrogens is 2. The molecular formula is C16H14BrN3. The Labute approximate surface area is 126 Å². The van der Waals surface area contributed by atoms with Gasteiger partial charge in [0.1, 0.15) is 0 Å². The molecule has 0 saturated heterocycles. The molecule has 3 rings (SSSR count). The Bertz CT molecular complexity index is 692. The number of rotatable bonds is 4. The number of benzene rings is 2. The summed E-state index contributed by atoms with van der Waals surface area (Å²) in [6, 6.07) is 16.5. The fraction of sp³-hybridized carbons (Fsp3) is 0.0625. The Hall–Kier alpha value is -2.07. The van der Waals surface area contributed by atoms with Gasteiger partial charge in [-0.2, -0.15) is 0 Å². The lowest BCUT2D eigenvalue weighted by atomic mass is 10.2. The van der Waals surface area contributed by atoms with Crippen molar-refractivity contribution in [3.05, 3.63) is 77.3 Å². The summed E-state index contributed by atoms with van der Waals surface area (Å²) in [5.74, 6) is 0. The van der Waals surface area contributed by atoms with Crippen LogP contribution in [0.2, 0.25) is 0 Å². The largest absolute Gasteiger partial charge is 0.379 e. The van der Waals surface area contributed by atoms with Crippen molar-refractivity contribution >= 4 is 21.6 Å². The molecule has 0 atom stereocenters. The van der Waals surface area contributed by atoms with E-state index in [9.17, 15) is 0 Å². The van der Waals surface area contributed by atoms with Gasteiger partial charge in [0.2, 0.25) is 0 Å². The zero-order valence-corrected chi connectivity index (χ0v) is 12.4. The zero-order valence-electron chi connectivity index (χ0n) is 10.8. The molecule has 0 amide bonds. The van der Waals surface area contributed by atoms with Crippen molar-refractivity contribution < 1.29 is 0 Å². The molecule has 0 saturated carbocycles. The van der Waals surface area contributed by atoms with Crippen molar-refractivity contribution in [3.63, 3.8) is 0 Å². The highest BCUT2D eigenvalue weighted by molar-refractivity contribution is 9.10. The van der Waals surface area contributed by atoms with Gasteiger partial charge in [0, 0.05) is 23.4 Å². The molecule has 1 N–H and O–H groups in total. The summed E-state index contributed by atoms with van der Waals surface area (Å²) in [6.07, 6.45) is 5.53. The minimum atomic E-state index is 0.783. The molecule has 0 bridgehead atoms. The van der Waals surface area contributed by atoms with Crippen molar-refractivity contribution in [2.24, 2.45) is 0 Å². The van der Waals surface area contributed by atoms with E-state index in [2.05, 4.69) is 50.5 Å². The van der Waals surface area contributed by atoms with Gasteiger partial charge in [-0.25, -0.2) is 4.98 Å². The minimum Gasteiger partial charge on any atom is -0.379 e. The third kappa shape index (κ3) is 2.91. The molecule has 1 heterocycles. The van der Waals surface area contributed by atoms with Crippen molar-refractivity contribution in [3.8, 4) is 5.69 Å². The molecule has 1 aromatic heterocycles. The lowest BCUT2D eigenvalue weighted by molar-refractivity contribution is 1.04. The molecule has 0 aliphatic rings. The highest BCUT2D eigenvalue weighted by Crippen LogP contribution is 2.21. The highest BCUT2D eigenvalue weighted by atomic mass is 79.9. The summed E-state index contributed by atoms with van der Waals surface area (Å²) >= 11 is 3.49. The highest BCUT2D eigenvalue weighted by Gasteiger charge is 2.03. The van der Waals surface area contributed by atoms with Crippen LogP contribution in [0.15, 0.2) is 71.7 Å². The Balaban J connectivity index is 1.81. The van der Waals surface area contributed by atoms with Crippen molar-refractivity contribution in [1.82, 2.24) is 9.55 Å². The van der Waals surface area contributed by atoms with Crippen LogP contribution in [0.4, 0.5) is 5.69 Å². The molecule has 0 aliphatic heterocycles. The van der Waals surface area contributed by atoms with Crippen molar-refractivity contribution in [2.45, 2.75) is 6.54 Å². The Morgan fingerprint density at radius 3 is 2.80 bits per heavy atom. The third-order valence-electron chi connectivity index (χ3n) is 3.06. The zero-order chi connectivity index (χ0) is 13.8. The van der Waals surface area contributed by atoms with Crippen LogP contribution in [-0.4, -0.2) is 9.55 Å². The second-order valence-electron chi connectivity index (χ2n) is 4.47. The average Bonchev–Trinajstić information content (AvgIpc) is 3.00. The van der Waals surface area contributed by atoms with E-state index in [1.54, 1.807) is 12.5 Å². The van der Waals surface area contributed by atoms with Crippen molar-refractivity contribution in [2.75, 3.05) is 5.32 Å². The van der Waals surface area contributed by atoms with Gasteiger partial charge in [0.15, 0.2) is 0 Å². The summed E-state index contributed by atoms with van der Waals surface area (Å²) in [6.45, 7) is 0.783. The predicted octanol–water partition coefficient (Wildman–Crippen LogP) is 4.25. The average molecular weight is 328 g/mol. The van der Waals surface area contributed by atoms with E-state index >= 15 is 0 Å². The predicted molar refractivity (Wildman–Crippen MR) is 85.0 cm³/mol. The first-order chi connectivity index (χ1) is 9.83. The van der Waals surface area contributed by atoms with Crippen LogP contribution >= 0.6 is 15.9 Å². The van der Waals surface area contributed by atoms with Gasteiger partial charge in [-0.15, -0.1) is 0 Å². The first kappa shape index (κ1) is 12.9. The molecule has 0 aliphatic carbocycles. The first-order valence-electron chi connectivity index (χ1n) is 6.38. The fourth-order valence-electron chi connectivity index (χ4n) is 2.09. The second-order valence-corrected chi connectivity index (χ2v) is 5.39. The molecule has 2 aromatic carbocycles. The number of para-hydroxylation sites is 2. The molecule has 100 valence electrons. The summed E-state index contributed by atoms with van der Waals surface area (Å²) in [5.41, 5.74) is 3.42. The smallest absolute Gasteiger partial charge is 0.0992 e. The van der Waals surface area contributed by atoms with Gasteiger partial charge < -0.3 is 9.88 Å². The lowest BCUT2D eigenvalue weighted by Gasteiger charge is -2.12. The van der Waals surface area contributed by atoms with Gasteiger partial charge >= 0.3 is 0 Å².